The molecule has 0 aliphatic rings. The van der Waals surface area contributed by atoms with Crippen molar-refractivity contribution in [2.24, 2.45) is 0 Å². The Morgan fingerprint density at radius 2 is 0.900 bits per heavy atom. The van der Waals surface area contributed by atoms with E-state index in [1.807, 2.05) is 27.7 Å². The fourth-order valence-electron chi connectivity index (χ4n) is 4.58. The SMILES string of the molecule is CCCCC(C(=O)C(CCCC)[Si](CC)(OCC)OCC)[Si](CC)(OCC)OCC. The lowest BCUT2D eigenvalue weighted by Gasteiger charge is -2.41. The Morgan fingerprint density at radius 1 is 0.600 bits per heavy atom. The summed E-state index contributed by atoms with van der Waals surface area (Å²) in [6, 6.07) is 1.58. The first-order valence-corrected chi connectivity index (χ1v) is 16.7. The van der Waals surface area contributed by atoms with E-state index in [1.165, 1.54) is 0 Å². The molecule has 0 N–H and O–H groups in total. The highest BCUT2D eigenvalue weighted by Gasteiger charge is 2.55. The molecule has 5 nitrogen and oxygen atoms in total. The number of carbonyl (C=O) groups is 1. The molecule has 2 atom stereocenters. The average Bonchev–Trinajstić information content (AvgIpc) is 2.74. The van der Waals surface area contributed by atoms with Gasteiger partial charge in [0.25, 0.3) is 0 Å². The first-order chi connectivity index (χ1) is 14.4. The van der Waals surface area contributed by atoms with Crippen molar-refractivity contribution in [1.29, 1.82) is 0 Å². The Hall–Kier alpha value is -0.0562. The molecule has 0 amide bonds. The van der Waals surface area contributed by atoms with Crippen molar-refractivity contribution in [1.82, 2.24) is 0 Å². The third-order valence-electron chi connectivity index (χ3n) is 5.98. The normalized spacial score (nSPS) is 14.7. The van der Waals surface area contributed by atoms with Gasteiger partial charge in [-0.15, -0.1) is 0 Å². The summed E-state index contributed by atoms with van der Waals surface area (Å²) in [7, 11) is -5.35. The van der Waals surface area contributed by atoms with Crippen LogP contribution in [0.15, 0.2) is 0 Å². The van der Waals surface area contributed by atoms with Crippen LogP contribution in [0.3, 0.4) is 0 Å². The highest BCUT2D eigenvalue weighted by atomic mass is 28.4. The number of Topliss-reactive ketones (excluding diaryl/α,β-unsaturated/α-hetero) is 1. The van der Waals surface area contributed by atoms with Crippen LogP contribution in [0, 0.1) is 0 Å². The molecule has 0 heterocycles. The van der Waals surface area contributed by atoms with Crippen LogP contribution < -0.4 is 0 Å². The maximum absolute atomic E-state index is 14.3. The van der Waals surface area contributed by atoms with Crippen molar-refractivity contribution in [3.63, 3.8) is 0 Å². The van der Waals surface area contributed by atoms with Crippen LogP contribution in [-0.2, 0) is 22.5 Å². The molecule has 0 saturated carbocycles. The van der Waals surface area contributed by atoms with Gasteiger partial charge in [-0.05, 0) is 52.6 Å². The van der Waals surface area contributed by atoms with Gasteiger partial charge in [-0.2, -0.15) is 0 Å². The van der Waals surface area contributed by atoms with Crippen LogP contribution in [0.2, 0.25) is 23.2 Å². The summed E-state index contributed by atoms with van der Waals surface area (Å²) < 4.78 is 25.4. The quantitative estimate of drug-likeness (QED) is 0.187. The van der Waals surface area contributed by atoms with Gasteiger partial charge in [0.05, 0.1) is 11.1 Å². The van der Waals surface area contributed by atoms with Gasteiger partial charge < -0.3 is 17.7 Å². The smallest absolute Gasteiger partial charge is 0.348 e. The van der Waals surface area contributed by atoms with Crippen molar-refractivity contribution < 1.29 is 22.5 Å². The maximum atomic E-state index is 14.3. The Labute approximate surface area is 189 Å². The van der Waals surface area contributed by atoms with Crippen molar-refractivity contribution >= 4 is 22.9 Å². The van der Waals surface area contributed by atoms with Crippen molar-refractivity contribution in [2.75, 3.05) is 26.4 Å². The second-order valence-corrected chi connectivity index (χ2v) is 15.1. The lowest BCUT2D eigenvalue weighted by atomic mass is 10.0. The van der Waals surface area contributed by atoms with Crippen LogP contribution >= 0.6 is 0 Å². The van der Waals surface area contributed by atoms with Gasteiger partial charge in [0.1, 0.15) is 5.78 Å². The third-order valence-corrected chi connectivity index (χ3v) is 14.3. The van der Waals surface area contributed by atoms with Gasteiger partial charge in [-0.1, -0.05) is 53.4 Å². The van der Waals surface area contributed by atoms with Gasteiger partial charge in [0.15, 0.2) is 0 Å². The number of hydrogen-bond donors (Lipinski definition) is 0. The molecule has 0 aromatic heterocycles. The van der Waals surface area contributed by atoms with Crippen LogP contribution in [0.5, 0.6) is 0 Å². The standard InChI is InChI=1S/C23H50O5Si2/c1-9-17-19-21(29(15-7,25-11-3)26-12-4)23(24)22(20-18-10-2)30(16-8,27-13-5)28-14-6/h21-22H,9-20H2,1-8H3. The van der Waals surface area contributed by atoms with Crippen molar-refractivity contribution in [3.8, 4) is 0 Å². The van der Waals surface area contributed by atoms with Crippen LogP contribution in [0.25, 0.3) is 0 Å². The van der Waals surface area contributed by atoms with E-state index in [4.69, 9.17) is 17.7 Å². The summed E-state index contributed by atoms with van der Waals surface area (Å²) in [6.07, 6.45) is 5.81. The number of unbranched alkanes of at least 4 members (excludes halogenated alkanes) is 2. The third kappa shape index (κ3) is 8.13. The monoisotopic (exact) mass is 462 g/mol. The van der Waals surface area contributed by atoms with E-state index in [0.717, 1.165) is 50.6 Å². The zero-order valence-corrected chi connectivity index (χ0v) is 23.2. The predicted molar refractivity (Wildman–Crippen MR) is 131 cm³/mol. The lowest BCUT2D eigenvalue weighted by Crippen LogP contribution is -2.55. The molecular formula is C23H50O5Si2. The molecule has 0 radical (unpaired) electrons. The molecule has 0 aromatic rings. The molecule has 2 unspecified atom stereocenters. The van der Waals surface area contributed by atoms with Crippen LogP contribution in [-0.4, -0.2) is 49.3 Å². The Kier molecular flexibility index (Phi) is 16.5. The molecular weight excluding hydrogens is 412 g/mol. The molecule has 180 valence electrons. The van der Waals surface area contributed by atoms with Gasteiger partial charge in [-0.25, -0.2) is 0 Å². The molecule has 0 bridgehead atoms. The summed E-state index contributed by atoms with van der Waals surface area (Å²) in [5.41, 5.74) is -0.327. The first-order valence-electron chi connectivity index (χ1n) is 12.5. The summed E-state index contributed by atoms with van der Waals surface area (Å²) in [5, 5.41) is 0. The van der Waals surface area contributed by atoms with E-state index < -0.39 is 17.1 Å². The largest absolute Gasteiger partial charge is 0.394 e. The fraction of sp³-hybridized carbons (Fsp3) is 0.957. The highest BCUT2D eigenvalue weighted by molar-refractivity contribution is 6.77. The number of hydrogen-bond acceptors (Lipinski definition) is 5. The van der Waals surface area contributed by atoms with E-state index in [0.29, 0.717) is 32.2 Å². The maximum Gasteiger partial charge on any atom is 0.348 e. The molecule has 0 aromatic carbocycles. The molecule has 0 aliphatic carbocycles. The van der Waals surface area contributed by atoms with Gasteiger partial charge in [0.2, 0.25) is 0 Å². The van der Waals surface area contributed by atoms with Gasteiger partial charge in [0, 0.05) is 26.4 Å². The van der Waals surface area contributed by atoms with Gasteiger partial charge >= 0.3 is 17.1 Å². The van der Waals surface area contributed by atoms with E-state index in [1.54, 1.807) is 0 Å². The molecule has 30 heavy (non-hydrogen) atoms. The predicted octanol–water partition coefficient (Wildman–Crippen LogP) is 6.75. The zero-order valence-electron chi connectivity index (χ0n) is 21.2. The lowest BCUT2D eigenvalue weighted by molar-refractivity contribution is -0.121. The molecule has 0 spiro atoms. The van der Waals surface area contributed by atoms with E-state index in [-0.39, 0.29) is 11.1 Å². The summed E-state index contributed by atoms with van der Waals surface area (Å²) >= 11 is 0. The molecule has 0 rings (SSSR count). The number of carbonyl (C=O) groups excluding carboxylic acids is 1. The van der Waals surface area contributed by atoms with Crippen LogP contribution in [0.4, 0.5) is 0 Å². The topological polar surface area (TPSA) is 54.0 Å². The van der Waals surface area contributed by atoms with E-state index >= 15 is 0 Å². The van der Waals surface area contributed by atoms with Gasteiger partial charge in [-0.3, -0.25) is 4.79 Å². The van der Waals surface area contributed by atoms with E-state index in [2.05, 4.69) is 27.7 Å². The Bertz CT molecular complexity index is 397. The Morgan fingerprint density at radius 3 is 1.10 bits per heavy atom. The van der Waals surface area contributed by atoms with E-state index in [9.17, 15) is 4.79 Å². The molecule has 0 fully saturated rings. The van der Waals surface area contributed by atoms with Crippen LogP contribution in [0.1, 0.15) is 93.9 Å². The molecule has 7 heteroatoms. The minimum Gasteiger partial charge on any atom is -0.394 e. The second-order valence-electron chi connectivity index (χ2n) is 7.85. The Balaban J connectivity index is 6.36. The number of ketones is 1. The minimum atomic E-state index is -2.68. The summed E-state index contributed by atoms with van der Waals surface area (Å²) in [4.78, 5) is 14.3. The molecule has 0 saturated heterocycles. The molecule has 0 aliphatic heterocycles. The minimum absolute atomic E-state index is 0.163. The summed E-state index contributed by atoms with van der Waals surface area (Å²) in [5.74, 6) is 0.294. The van der Waals surface area contributed by atoms with Crippen molar-refractivity contribution in [3.05, 3.63) is 0 Å². The van der Waals surface area contributed by atoms with Crippen molar-refractivity contribution in [2.45, 2.75) is 117 Å². The first kappa shape index (κ1) is 29.9. The highest BCUT2D eigenvalue weighted by Crippen LogP contribution is 2.43. The fourth-order valence-corrected chi connectivity index (χ4v) is 12.0. The summed E-state index contributed by atoms with van der Waals surface area (Å²) in [6.45, 7) is 19.0. The number of rotatable bonds is 20. The second kappa shape index (κ2) is 16.6. The zero-order chi connectivity index (χ0) is 23.0. The average molecular weight is 463 g/mol.